The molecule has 0 radical (unpaired) electrons. The van der Waals surface area contributed by atoms with E-state index in [9.17, 15) is 4.79 Å². The lowest BCUT2D eigenvalue weighted by Crippen LogP contribution is -2.42. The molecule has 2 fully saturated rings. The molecule has 2 aromatic rings. The van der Waals surface area contributed by atoms with Crippen molar-refractivity contribution in [1.29, 1.82) is 0 Å². The Labute approximate surface area is 197 Å². The summed E-state index contributed by atoms with van der Waals surface area (Å²) < 4.78 is 0. The van der Waals surface area contributed by atoms with E-state index in [4.69, 9.17) is 11.6 Å². The Kier molecular flexibility index (Phi) is 8.61. The minimum Gasteiger partial charge on any atom is -0.352 e. The van der Waals surface area contributed by atoms with Gasteiger partial charge in [-0.15, -0.1) is 0 Å². The van der Waals surface area contributed by atoms with Crippen molar-refractivity contribution < 1.29 is 4.79 Å². The zero-order valence-electron chi connectivity index (χ0n) is 19.1. The van der Waals surface area contributed by atoms with E-state index in [1.807, 2.05) is 12.1 Å². The second-order valence-corrected chi connectivity index (χ2v) is 9.87. The standard InChI is InChI=1S/C27H36ClN3O/c28-26-12-10-22(11-13-26)19-31-16-6-9-25(21-31)27(32)29-18-23-7-5-8-24(17-23)20-30-14-3-1-2-4-15-30/h5,7-8,10-13,17,25H,1-4,6,9,14-16,18-21H2,(H,29,32). The number of piperidine rings is 1. The van der Waals surface area contributed by atoms with Crippen LogP contribution in [0.15, 0.2) is 48.5 Å². The summed E-state index contributed by atoms with van der Waals surface area (Å²) in [5.74, 6) is 0.250. The minimum absolute atomic E-state index is 0.0660. The Balaban J connectivity index is 1.26. The van der Waals surface area contributed by atoms with Gasteiger partial charge in [0, 0.05) is 31.2 Å². The van der Waals surface area contributed by atoms with Crippen LogP contribution in [0.5, 0.6) is 0 Å². The molecule has 0 saturated carbocycles. The van der Waals surface area contributed by atoms with E-state index in [-0.39, 0.29) is 11.8 Å². The van der Waals surface area contributed by atoms with E-state index in [1.165, 1.54) is 55.5 Å². The van der Waals surface area contributed by atoms with Crippen LogP contribution < -0.4 is 5.32 Å². The number of carbonyl (C=O) groups excluding carboxylic acids is 1. The topological polar surface area (TPSA) is 35.6 Å². The molecule has 1 unspecified atom stereocenters. The van der Waals surface area contributed by atoms with Gasteiger partial charge >= 0.3 is 0 Å². The predicted octanol–water partition coefficient (Wildman–Crippen LogP) is 5.24. The molecule has 4 nitrogen and oxygen atoms in total. The molecule has 2 heterocycles. The van der Waals surface area contributed by atoms with Crippen LogP contribution in [-0.4, -0.2) is 41.9 Å². The Morgan fingerprint density at radius 2 is 1.53 bits per heavy atom. The monoisotopic (exact) mass is 453 g/mol. The largest absolute Gasteiger partial charge is 0.352 e. The van der Waals surface area contributed by atoms with E-state index in [2.05, 4.69) is 51.5 Å². The van der Waals surface area contributed by atoms with Gasteiger partial charge in [-0.25, -0.2) is 0 Å². The van der Waals surface area contributed by atoms with Crippen LogP contribution in [0.1, 0.15) is 55.2 Å². The van der Waals surface area contributed by atoms with Crippen molar-refractivity contribution in [1.82, 2.24) is 15.1 Å². The first-order valence-electron chi connectivity index (χ1n) is 12.2. The average Bonchev–Trinajstić information content (AvgIpc) is 3.08. The molecule has 172 valence electrons. The van der Waals surface area contributed by atoms with Crippen LogP contribution in [0.2, 0.25) is 5.02 Å². The third kappa shape index (κ3) is 7.06. The molecule has 1 atom stereocenters. The van der Waals surface area contributed by atoms with E-state index in [0.717, 1.165) is 44.0 Å². The zero-order chi connectivity index (χ0) is 22.2. The summed E-state index contributed by atoms with van der Waals surface area (Å²) in [6, 6.07) is 16.8. The molecule has 0 aliphatic carbocycles. The third-order valence-corrected chi connectivity index (χ3v) is 7.01. The van der Waals surface area contributed by atoms with Gasteiger partial charge in [0.25, 0.3) is 0 Å². The zero-order valence-corrected chi connectivity index (χ0v) is 19.8. The van der Waals surface area contributed by atoms with E-state index in [1.54, 1.807) is 0 Å². The highest BCUT2D eigenvalue weighted by Crippen LogP contribution is 2.20. The minimum atomic E-state index is 0.0660. The third-order valence-electron chi connectivity index (χ3n) is 6.76. The van der Waals surface area contributed by atoms with Crippen molar-refractivity contribution in [3.63, 3.8) is 0 Å². The predicted molar refractivity (Wildman–Crippen MR) is 131 cm³/mol. The number of halogens is 1. The number of hydrogen-bond donors (Lipinski definition) is 1. The first kappa shape index (κ1) is 23.3. The molecule has 2 aliphatic heterocycles. The number of hydrogen-bond acceptors (Lipinski definition) is 3. The van der Waals surface area contributed by atoms with Gasteiger partial charge in [-0.2, -0.15) is 0 Å². The molecular weight excluding hydrogens is 418 g/mol. The summed E-state index contributed by atoms with van der Waals surface area (Å²) in [6.07, 6.45) is 7.38. The van der Waals surface area contributed by atoms with Gasteiger partial charge < -0.3 is 5.32 Å². The smallest absolute Gasteiger partial charge is 0.224 e. The van der Waals surface area contributed by atoms with Crippen molar-refractivity contribution in [3.05, 3.63) is 70.2 Å². The lowest BCUT2D eigenvalue weighted by Gasteiger charge is -2.32. The van der Waals surface area contributed by atoms with Crippen molar-refractivity contribution in [2.24, 2.45) is 5.92 Å². The fourth-order valence-corrected chi connectivity index (χ4v) is 5.11. The molecular formula is C27H36ClN3O. The molecule has 0 aromatic heterocycles. The summed E-state index contributed by atoms with van der Waals surface area (Å²) >= 11 is 6.00. The average molecular weight is 454 g/mol. The van der Waals surface area contributed by atoms with Crippen LogP contribution in [0.4, 0.5) is 0 Å². The number of nitrogens with one attached hydrogen (secondary N) is 1. The highest BCUT2D eigenvalue weighted by molar-refractivity contribution is 6.30. The van der Waals surface area contributed by atoms with Crippen LogP contribution >= 0.6 is 11.6 Å². The normalized spacial score (nSPS) is 20.6. The maximum absolute atomic E-state index is 12.9. The van der Waals surface area contributed by atoms with Crippen LogP contribution in [0, 0.1) is 5.92 Å². The first-order valence-corrected chi connectivity index (χ1v) is 12.6. The van der Waals surface area contributed by atoms with E-state index >= 15 is 0 Å². The number of rotatable bonds is 7. The van der Waals surface area contributed by atoms with Crippen LogP contribution in [0.25, 0.3) is 0 Å². The molecule has 2 aliphatic rings. The maximum Gasteiger partial charge on any atom is 0.224 e. The number of amides is 1. The van der Waals surface area contributed by atoms with Gasteiger partial charge in [0.15, 0.2) is 0 Å². The fraction of sp³-hybridized carbons (Fsp3) is 0.519. The van der Waals surface area contributed by atoms with Gasteiger partial charge in [-0.05, 0) is 74.1 Å². The van der Waals surface area contributed by atoms with Crippen molar-refractivity contribution in [2.75, 3.05) is 26.2 Å². The van der Waals surface area contributed by atoms with Crippen molar-refractivity contribution in [3.8, 4) is 0 Å². The molecule has 0 bridgehead atoms. The Morgan fingerprint density at radius 1 is 0.844 bits per heavy atom. The summed E-state index contributed by atoms with van der Waals surface area (Å²) in [4.78, 5) is 17.8. The van der Waals surface area contributed by atoms with Gasteiger partial charge in [0.1, 0.15) is 0 Å². The first-order chi connectivity index (χ1) is 15.7. The SMILES string of the molecule is O=C(NCc1cccc(CN2CCCCCC2)c1)C1CCCN(Cc2ccc(Cl)cc2)C1. The fourth-order valence-electron chi connectivity index (χ4n) is 4.99. The summed E-state index contributed by atoms with van der Waals surface area (Å²) in [5, 5.41) is 3.97. The van der Waals surface area contributed by atoms with Gasteiger partial charge in [0.2, 0.25) is 5.91 Å². The Bertz CT molecular complexity index is 861. The highest BCUT2D eigenvalue weighted by atomic mass is 35.5. The molecule has 1 N–H and O–H groups in total. The molecule has 2 aromatic carbocycles. The lowest BCUT2D eigenvalue weighted by molar-refractivity contribution is -0.126. The molecule has 1 amide bonds. The number of nitrogens with zero attached hydrogens (tertiary/aromatic N) is 2. The second kappa shape index (κ2) is 11.8. The van der Waals surface area contributed by atoms with E-state index in [0.29, 0.717) is 6.54 Å². The van der Waals surface area contributed by atoms with Gasteiger partial charge in [-0.1, -0.05) is 60.8 Å². The molecule has 32 heavy (non-hydrogen) atoms. The van der Waals surface area contributed by atoms with Gasteiger partial charge in [-0.3, -0.25) is 14.6 Å². The van der Waals surface area contributed by atoms with Crippen LogP contribution in [0.3, 0.4) is 0 Å². The Hall–Kier alpha value is -1.88. The summed E-state index contributed by atoms with van der Waals surface area (Å²) in [5.41, 5.74) is 3.79. The van der Waals surface area contributed by atoms with Gasteiger partial charge in [0.05, 0.1) is 5.92 Å². The Morgan fingerprint density at radius 3 is 2.31 bits per heavy atom. The highest BCUT2D eigenvalue weighted by Gasteiger charge is 2.25. The summed E-state index contributed by atoms with van der Waals surface area (Å²) in [6.45, 7) is 6.78. The summed E-state index contributed by atoms with van der Waals surface area (Å²) in [7, 11) is 0. The number of carbonyl (C=O) groups is 1. The maximum atomic E-state index is 12.9. The lowest BCUT2D eigenvalue weighted by atomic mass is 9.96. The molecule has 0 spiro atoms. The molecule has 4 rings (SSSR count). The van der Waals surface area contributed by atoms with Crippen LogP contribution in [-0.2, 0) is 24.4 Å². The number of benzene rings is 2. The van der Waals surface area contributed by atoms with Crippen molar-refractivity contribution >= 4 is 17.5 Å². The van der Waals surface area contributed by atoms with E-state index < -0.39 is 0 Å². The second-order valence-electron chi connectivity index (χ2n) is 9.43. The number of likely N-dealkylation sites (tertiary alicyclic amines) is 2. The van der Waals surface area contributed by atoms with Crippen molar-refractivity contribution in [2.45, 2.75) is 58.2 Å². The molecule has 5 heteroatoms. The molecule has 2 saturated heterocycles. The quantitative estimate of drug-likeness (QED) is 0.622.